The SMILES string of the molecule is O[C@H](COC(c1ccc(F)cc1)c1ccc(F)cc1)Cn1ccnc1. The highest BCUT2D eigenvalue weighted by molar-refractivity contribution is 5.30. The van der Waals surface area contributed by atoms with Crippen LogP contribution in [0.4, 0.5) is 8.78 Å². The van der Waals surface area contributed by atoms with E-state index in [1.165, 1.54) is 24.3 Å². The van der Waals surface area contributed by atoms with Crippen molar-refractivity contribution in [3.8, 4) is 0 Å². The number of benzene rings is 2. The van der Waals surface area contributed by atoms with E-state index in [4.69, 9.17) is 4.74 Å². The molecule has 0 saturated heterocycles. The first-order valence-electron chi connectivity index (χ1n) is 7.88. The Labute approximate surface area is 144 Å². The van der Waals surface area contributed by atoms with Crippen LogP contribution in [0, 0.1) is 11.6 Å². The van der Waals surface area contributed by atoms with E-state index < -0.39 is 12.2 Å². The molecule has 0 unspecified atom stereocenters. The molecule has 0 aliphatic heterocycles. The van der Waals surface area contributed by atoms with Gasteiger partial charge in [0.05, 0.1) is 25.6 Å². The first-order chi connectivity index (χ1) is 12.1. The minimum atomic E-state index is -0.738. The molecule has 1 heterocycles. The lowest BCUT2D eigenvalue weighted by molar-refractivity contribution is -0.000618. The van der Waals surface area contributed by atoms with Crippen LogP contribution in [0.25, 0.3) is 0 Å². The van der Waals surface area contributed by atoms with Gasteiger partial charge in [-0.25, -0.2) is 13.8 Å². The maximum Gasteiger partial charge on any atom is 0.123 e. The van der Waals surface area contributed by atoms with Crippen LogP contribution >= 0.6 is 0 Å². The van der Waals surface area contributed by atoms with Gasteiger partial charge in [0.1, 0.15) is 17.7 Å². The lowest BCUT2D eigenvalue weighted by Gasteiger charge is -2.21. The zero-order valence-corrected chi connectivity index (χ0v) is 13.4. The van der Waals surface area contributed by atoms with Crippen LogP contribution in [0.15, 0.2) is 67.3 Å². The van der Waals surface area contributed by atoms with Crippen LogP contribution in [0.5, 0.6) is 0 Å². The molecule has 0 radical (unpaired) electrons. The average molecular weight is 344 g/mol. The molecule has 0 saturated carbocycles. The van der Waals surface area contributed by atoms with Crippen LogP contribution in [-0.4, -0.2) is 27.4 Å². The number of halogens is 2. The summed E-state index contributed by atoms with van der Waals surface area (Å²) in [5, 5.41) is 10.2. The van der Waals surface area contributed by atoms with Gasteiger partial charge in [-0.15, -0.1) is 0 Å². The van der Waals surface area contributed by atoms with Crippen LogP contribution in [0.1, 0.15) is 17.2 Å². The standard InChI is InChI=1S/C19H18F2N2O2/c20-16-5-1-14(2-6-16)19(15-3-7-17(21)8-4-15)25-12-18(24)11-23-10-9-22-13-23/h1-10,13,18-19,24H,11-12H2/t18-/m0/s1. The summed E-state index contributed by atoms with van der Waals surface area (Å²) in [6.45, 7) is 0.414. The molecule has 3 aromatic rings. The molecule has 1 aromatic heterocycles. The smallest absolute Gasteiger partial charge is 0.123 e. The molecular weight excluding hydrogens is 326 g/mol. The van der Waals surface area contributed by atoms with Crippen molar-refractivity contribution in [1.29, 1.82) is 0 Å². The maximum atomic E-state index is 13.2. The number of ether oxygens (including phenoxy) is 1. The van der Waals surface area contributed by atoms with Crippen molar-refractivity contribution in [3.05, 3.63) is 90.0 Å². The summed E-state index contributed by atoms with van der Waals surface area (Å²) in [4.78, 5) is 3.92. The molecule has 0 amide bonds. The second kappa shape index (κ2) is 8.00. The number of aliphatic hydroxyl groups is 1. The fraction of sp³-hybridized carbons (Fsp3) is 0.211. The van der Waals surface area contributed by atoms with Crippen molar-refractivity contribution in [1.82, 2.24) is 9.55 Å². The van der Waals surface area contributed by atoms with Gasteiger partial charge in [0.15, 0.2) is 0 Å². The minimum absolute atomic E-state index is 0.0671. The van der Waals surface area contributed by atoms with Gasteiger partial charge in [0.25, 0.3) is 0 Å². The van der Waals surface area contributed by atoms with Crippen LogP contribution in [0.3, 0.4) is 0 Å². The van der Waals surface area contributed by atoms with Gasteiger partial charge in [0, 0.05) is 12.4 Å². The number of aromatic nitrogens is 2. The third-order valence-corrected chi connectivity index (χ3v) is 3.78. The van der Waals surface area contributed by atoms with Gasteiger partial charge in [0.2, 0.25) is 0 Å². The predicted molar refractivity (Wildman–Crippen MR) is 88.8 cm³/mol. The molecule has 4 nitrogen and oxygen atoms in total. The highest BCUT2D eigenvalue weighted by Crippen LogP contribution is 2.26. The third kappa shape index (κ3) is 4.71. The van der Waals surface area contributed by atoms with Crippen molar-refractivity contribution in [2.75, 3.05) is 6.61 Å². The number of hydrogen-bond donors (Lipinski definition) is 1. The molecule has 0 bridgehead atoms. The summed E-state index contributed by atoms with van der Waals surface area (Å²) in [5.74, 6) is -0.691. The van der Waals surface area contributed by atoms with Gasteiger partial charge in [-0.3, -0.25) is 0 Å². The molecule has 0 spiro atoms. The average Bonchev–Trinajstić information content (AvgIpc) is 3.11. The molecule has 0 aliphatic rings. The zero-order chi connectivity index (χ0) is 17.6. The summed E-state index contributed by atoms with van der Waals surface area (Å²) >= 11 is 0. The Bertz CT molecular complexity index is 729. The van der Waals surface area contributed by atoms with Crippen molar-refractivity contribution >= 4 is 0 Å². The number of aliphatic hydroxyl groups excluding tert-OH is 1. The van der Waals surface area contributed by atoms with E-state index >= 15 is 0 Å². The number of hydrogen-bond acceptors (Lipinski definition) is 3. The topological polar surface area (TPSA) is 47.3 Å². The first kappa shape index (κ1) is 17.3. The van der Waals surface area contributed by atoms with Crippen LogP contribution in [-0.2, 0) is 11.3 Å². The highest BCUT2D eigenvalue weighted by atomic mass is 19.1. The van der Waals surface area contributed by atoms with E-state index in [0.717, 1.165) is 11.1 Å². The second-order valence-corrected chi connectivity index (χ2v) is 5.73. The quantitative estimate of drug-likeness (QED) is 0.715. The Hall–Kier alpha value is -2.57. The molecule has 6 heteroatoms. The van der Waals surface area contributed by atoms with Crippen molar-refractivity contribution in [2.45, 2.75) is 18.8 Å². The Morgan fingerprint density at radius 3 is 2.00 bits per heavy atom. The summed E-state index contributed by atoms with van der Waals surface area (Å²) in [6, 6.07) is 11.8. The zero-order valence-electron chi connectivity index (χ0n) is 13.4. The van der Waals surface area contributed by atoms with E-state index in [1.807, 2.05) is 0 Å². The number of nitrogens with zero attached hydrogens (tertiary/aromatic N) is 2. The van der Waals surface area contributed by atoms with E-state index in [2.05, 4.69) is 4.98 Å². The molecule has 0 aliphatic carbocycles. The van der Waals surface area contributed by atoms with E-state index in [-0.39, 0.29) is 18.2 Å². The molecule has 3 rings (SSSR count). The van der Waals surface area contributed by atoms with Gasteiger partial charge >= 0.3 is 0 Å². The van der Waals surface area contributed by atoms with Gasteiger partial charge in [-0.1, -0.05) is 24.3 Å². The highest BCUT2D eigenvalue weighted by Gasteiger charge is 2.17. The van der Waals surface area contributed by atoms with E-state index in [0.29, 0.717) is 6.54 Å². The Morgan fingerprint density at radius 2 is 1.52 bits per heavy atom. The van der Waals surface area contributed by atoms with Crippen molar-refractivity contribution in [2.24, 2.45) is 0 Å². The third-order valence-electron chi connectivity index (χ3n) is 3.78. The van der Waals surface area contributed by atoms with Crippen LogP contribution in [0.2, 0.25) is 0 Å². The lowest BCUT2D eigenvalue weighted by atomic mass is 10.0. The molecule has 2 aromatic carbocycles. The molecule has 130 valence electrons. The monoisotopic (exact) mass is 344 g/mol. The molecule has 1 N–H and O–H groups in total. The summed E-state index contributed by atoms with van der Waals surface area (Å²) < 4.78 is 34.0. The van der Waals surface area contributed by atoms with Gasteiger partial charge in [-0.05, 0) is 35.4 Å². The Morgan fingerprint density at radius 1 is 0.960 bits per heavy atom. The van der Waals surface area contributed by atoms with Gasteiger partial charge < -0.3 is 14.4 Å². The van der Waals surface area contributed by atoms with Crippen molar-refractivity contribution in [3.63, 3.8) is 0 Å². The first-order valence-corrected chi connectivity index (χ1v) is 7.88. The lowest BCUT2D eigenvalue weighted by Crippen LogP contribution is -2.23. The maximum absolute atomic E-state index is 13.2. The second-order valence-electron chi connectivity index (χ2n) is 5.73. The number of imidazole rings is 1. The normalized spacial score (nSPS) is 12.5. The predicted octanol–water partition coefficient (Wildman–Crippen LogP) is 3.33. The summed E-state index contributed by atoms with van der Waals surface area (Å²) in [5.41, 5.74) is 1.45. The fourth-order valence-corrected chi connectivity index (χ4v) is 2.56. The molecule has 25 heavy (non-hydrogen) atoms. The molecule has 1 atom stereocenters. The molecule has 0 fully saturated rings. The minimum Gasteiger partial charge on any atom is -0.389 e. The Kier molecular flexibility index (Phi) is 5.53. The summed E-state index contributed by atoms with van der Waals surface area (Å²) in [6.07, 6.45) is 3.73. The van der Waals surface area contributed by atoms with Crippen molar-refractivity contribution < 1.29 is 18.6 Å². The molecular formula is C19H18F2N2O2. The van der Waals surface area contributed by atoms with E-state index in [9.17, 15) is 13.9 Å². The summed E-state index contributed by atoms with van der Waals surface area (Å²) in [7, 11) is 0. The Balaban J connectivity index is 1.74. The fourth-order valence-electron chi connectivity index (χ4n) is 2.56. The number of rotatable bonds is 7. The van der Waals surface area contributed by atoms with E-state index in [1.54, 1.807) is 47.6 Å². The van der Waals surface area contributed by atoms with Gasteiger partial charge in [-0.2, -0.15) is 0 Å². The van der Waals surface area contributed by atoms with Crippen LogP contribution < -0.4 is 0 Å². The largest absolute Gasteiger partial charge is 0.389 e.